The Labute approximate surface area is 97.4 Å². The molecule has 2 unspecified atom stereocenters. The van der Waals surface area contributed by atoms with Crippen molar-refractivity contribution in [2.24, 2.45) is 5.73 Å². The maximum absolute atomic E-state index is 6.18. The van der Waals surface area contributed by atoms with Crippen LogP contribution >= 0.6 is 0 Å². The molecule has 2 heterocycles. The number of aromatic nitrogens is 2. The summed E-state index contributed by atoms with van der Waals surface area (Å²) in [6.07, 6.45) is 6.35. The molecule has 90 valence electrons. The van der Waals surface area contributed by atoms with Crippen LogP contribution in [0, 0.1) is 0 Å². The molecular weight excluding hydrogens is 200 g/mol. The Bertz CT molecular complexity index is 334. The summed E-state index contributed by atoms with van der Waals surface area (Å²) in [6.45, 7) is 7.54. The average molecular weight is 222 g/mol. The Morgan fingerprint density at radius 2 is 2.31 bits per heavy atom. The highest BCUT2D eigenvalue weighted by Gasteiger charge is 2.32. The highest BCUT2D eigenvalue weighted by atomic mass is 15.3. The summed E-state index contributed by atoms with van der Waals surface area (Å²) < 4.78 is 2.02. The maximum atomic E-state index is 6.18. The van der Waals surface area contributed by atoms with E-state index in [9.17, 15) is 0 Å². The molecule has 1 fully saturated rings. The average Bonchev–Trinajstić information content (AvgIpc) is 2.85. The van der Waals surface area contributed by atoms with Crippen LogP contribution in [0.1, 0.15) is 38.3 Å². The second-order valence-corrected chi connectivity index (χ2v) is 4.56. The topological polar surface area (TPSA) is 47.1 Å². The Balaban J connectivity index is 2.14. The van der Waals surface area contributed by atoms with Gasteiger partial charge in [-0.15, -0.1) is 0 Å². The van der Waals surface area contributed by atoms with E-state index in [1.165, 1.54) is 5.56 Å². The summed E-state index contributed by atoms with van der Waals surface area (Å²) in [5, 5.41) is 4.39. The van der Waals surface area contributed by atoms with E-state index in [0.29, 0.717) is 6.04 Å². The van der Waals surface area contributed by atoms with Gasteiger partial charge in [0.1, 0.15) is 0 Å². The van der Waals surface area contributed by atoms with E-state index in [1.54, 1.807) is 0 Å². The molecule has 1 aliphatic heterocycles. The van der Waals surface area contributed by atoms with Gasteiger partial charge in [-0.05, 0) is 19.4 Å². The second-order valence-electron chi connectivity index (χ2n) is 4.56. The van der Waals surface area contributed by atoms with Gasteiger partial charge in [0.25, 0.3) is 0 Å². The second kappa shape index (κ2) is 4.97. The Morgan fingerprint density at radius 1 is 1.50 bits per heavy atom. The lowest BCUT2D eigenvalue weighted by atomic mass is 10.0. The first-order valence-corrected chi connectivity index (χ1v) is 6.28. The van der Waals surface area contributed by atoms with Gasteiger partial charge in [-0.3, -0.25) is 9.58 Å². The molecule has 16 heavy (non-hydrogen) atoms. The maximum Gasteiger partial charge on any atom is 0.0538 e. The largest absolute Gasteiger partial charge is 0.326 e. The van der Waals surface area contributed by atoms with Crippen LogP contribution in [0.4, 0.5) is 0 Å². The molecule has 4 nitrogen and oxygen atoms in total. The van der Waals surface area contributed by atoms with Crippen molar-refractivity contribution in [3.05, 3.63) is 18.0 Å². The van der Waals surface area contributed by atoms with Crippen molar-refractivity contribution in [2.75, 3.05) is 13.1 Å². The fourth-order valence-electron chi connectivity index (χ4n) is 2.58. The third-order valence-electron chi connectivity index (χ3n) is 3.40. The number of likely N-dealkylation sites (N-methyl/N-ethyl adjacent to an activating group) is 1. The van der Waals surface area contributed by atoms with Gasteiger partial charge in [-0.25, -0.2) is 0 Å². The predicted molar refractivity (Wildman–Crippen MR) is 65.1 cm³/mol. The lowest BCUT2D eigenvalue weighted by Crippen LogP contribution is -2.31. The highest BCUT2D eigenvalue weighted by molar-refractivity contribution is 5.15. The minimum atomic E-state index is 0.263. The van der Waals surface area contributed by atoms with Crippen LogP contribution in [0.3, 0.4) is 0 Å². The highest BCUT2D eigenvalue weighted by Crippen LogP contribution is 2.30. The normalized spacial score (nSPS) is 26.4. The van der Waals surface area contributed by atoms with Crippen LogP contribution in [-0.2, 0) is 6.54 Å². The third-order valence-corrected chi connectivity index (χ3v) is 3.40. The van der Waals surface area contributed by atoms with E-state index in [1.807, 2.05) is 10.9 Å². The standard InChI is InChI=1S/C12H22N4/c1-3-6-16-9-10(8-14-16)12-11(13)5-7-15(12)4-2/h8-9,11-12H,3-7,13H2,1-2H3. The fraction of sp³-hybridized carbons (Fsp3) is 0.750. The summed E-state index contributed by atoms with van der Waals surface area (Å²) in [5.41, 5.74) is 7.46. The molecule has 0 spiro atoms. The van der Waals surface area contributed by atoms with Gasteiger partial charge < -0.3 is 5.73 Å². The quantitative estimate of drug-likeness (QED) is 0.837. The number of hydrogen-bond donors (Lipinski definition) is 1. The molecule has 0 saturated carbocycles. The van der Waals surface area contributed by atoms with E-state index in [-0.39, 0.29) is 6.04 Å². The fourth-order valence-corrected chi connectivity index (χ4v) is 2.58. The Kier molecular flexibility index (Phi) is 3.61. The van der Waals surface area contributed by atoms with E-state index in [0.717, 1.165) is 32.5 Å². The van der Waals surface area contributed by atoms with Crippen LogP contribution in [0.2, 0.25) is 0 Å². The smallest absolute Gasteiger partial charge is 0.0538 e. The molecule has 1 aromatic heterocycles. The molecule has 0 amide bonds. The van der Waals surface area contributed by atoms with Crippen LogP contribution in [0.25, 0.3) is 0 Å². The molecule has 2 N–H and O–H groups in total. The molecule has 1 aromatic rings. The number of nitrogens with two attached hydrogens (primary N) is 1. The lowest BCUT2D eigenvalue weighted by Gasteiger charge is -2.24. The van der Waals surface area contributed by atoms with Crippen LogP contribution < -0.4 is 5.73 Å². The number of rotatable bonds is 4. The van der Waals surface area contributed by atoms with Crippen molar-refractivity contribution >= 4 is 0 Å². The molecule has 1 saturated heterocycles. The van der Waals surface area contributed by atoms with Gasteiger partial charge in [0.05, 0.1) is 12.2 Å². The van der Waals surface area contributed by atoms with Crippen molar-refractivity contribution in [1.29, 1.82) is 0 Å². The summed E-state index contributed by atoms with van der Waals surface area (Å²) in [6, 6.07) is 0.634. The van der Waals surface area contributed by atoms with Gasteiger partial charge >= 0.3 is 0 Å². The molecule has 0 radical (unpaired) electrons. The predicted octanol–water partition coefficient (Wildman–Crippen LogP) is 1.39. The monoisotopic (exact) mass is 222 g/mol. The van der Waals surface area contributed by atoms with Crippen molar-refractivity contribution in [1.82, 2.24) is 14.7 Å². The van der Waals surface area contributed by atoms with Crippen molar-refractivity contribution < 1.29 is 0 Å². The summed E-state index contributed by atoms with van der Waals surface area (Å²) in [5.74, 6) is 0. The molecule has 1 aliphatic rings. The Morgan fingerprint density at radius 3 is 3.00 bits per heavy atom. The first-order valence-electron chi connectivity index (χ1n) is 6.28. The molecule has 2 rings (SSSR count). The summed E-state index contributed by atoms with van der Waals surface area (Å²) in [7, 11) is 0. The molecule has 0 bridgehead atoms. The molecule has 0 aliphatic carbocycles. The zero-order valence-electron chi connectivity index (χ0n) is 10.3. The van der Waals surface area contributed by atoms with Crippen molar-refractivity contribution in [3.63, 3.8) is 0 Å². The lowest BCUT2D eigenvalue weighted by molar-refractivity contribution is 0.261. The number of aryl methyl sites for hydroxylation is 1. The number of likely N-dealkylation sites (tertiary alicyclic amines) is 1. The van der Waals surface area contributed by atoms with Crippen molar-refractivity contribution in [3.8, 4) is 0 Å². The SMILES string of the molecule is CCCn1cc(C2C(N)CCN2CC)cn1. The number of hydrogen-bond acceptors (Lipinski definition) is 3. The van der Waals surface area contributed by atoms with E-state index in [2.05, 4.69) is 30.0 Å². The number of nitrogens with zero attached hydrogens (tertiary/aromatic N) is 3. The van der Waals surface area contributed by atoms with Crippen LogP contribution in [-0.4, -0.2) is 33.8 Å². The molecule has 4 heteroatoms. The van der Waals surface area contributed by atoms with Crippen molar-refractivity contribution in [2.45, 2.75) is 45.3 Å². The molecule has 2 atom stereocenters. The zero-order valence-corrected chi connectivity index (χ0v) is 10.3. The summed E-state index contributed by atoms with van der Waals surface area (Å²) in [4.78, 5) is 2.44. The summed E-state index contributed by atoms with van der Waals surface area (Å²) >= 11 is 0. The first kappa shape index (κ1) is 11.6. The third kappa shape index (κ3) is 2.13. The van der Waals surface area contributed by atoms with Gasteiger partial charge in [-0.2, -0.15) is 5.10 Å². The molecule has 0 aromatic carbocycles. The van der Waals surface area contributed by atoms with Crippen LogP contribution in [0.15, 0.2) is 12.4 Å². The van der Waals surface area contributed by atoms with E-state index < -0.39 is 0 Å². The minimum absolute atomic E-state index is 0.263. The van der Waals surface area contributed by atoms with Gasteiger partial charge in [0.15, 0.2) is 0 Å². The van der Waals surface area contributed by atoms with E-state index in [4.69, 9.17) is 5.73 Å². The van der Waals surface area contributed by atoms with Gasteiger partial charge in [0, 0.05) is 30.9 Å². The molecular formula is C12H22N4. The van der Waals surface area contributed by atoms with E-state index >= 15 is 0 Å². The minimum Gasteiger partial charge on any atom is -0.326 e. The first-order chi connectivity index (χ1) is 7.76. The van der Waals surface area contributed by atoms with Gasteiger partial charge in [-0.1, -0.05) is 13.8 Å². The zero-order chi connectivity index (χ0) is 11.5. The van der Waals surface area contributed by atoms with Crippen LogP contribution in [0.5, 0.6) is 0 Å². The Hall–Kier alpha value is -0.870. The van der Waals surface area contributed by atoms with Gasteiger partial charge in [0.2, 0.25) is 0 Å².